The summed E-state index contributed by atoms with van der Waals surface area (Å²) in [7, 11) is 6.06. The SMILES string of the molecule is CC.COCCN1CCN(CCCN(C)C)CC1. The summed E-state index contributed by atoms with van der Waals surface area (Å²) in [5, 5.41) is 0. The van der Waals surface area contributed by atoms with Gasteiger partial charge in [0.05, 0.1) is 6.61 Å². The molecular formula is C14H33N3O. The van der Waals surface area contributed by atoms with E-state index in [-0.39, 0.29) is 0 Å². The molecule has 0 radical (unpaired) electrons. The van der Waals surface area contributed by atoms with E-state index in [4.69, 9.17) is 4.74 Å². The molecule has 4 heteroatoms. The largest absolute Gasteiger partial charge is 0.383 e. The van der Waals surface area contributed by atoms with Gasteiger partial charge in [-0.2, -0.15) is 0 Å². The van der Waals surface area contributed by atoms with Crippen molar-refractivity contribution in [2.75, 3.05) is 73.6 Å². The molecular weight excluding hydrogens is 226 g/mol. The summed E-state index contributed by atoms with van der Waals surface area (Å²) < 4.78 is 5.10. The van der Waals surface area contributed by atoms with Gasteiger partial charge in [-0.3, -0.25) is 4.90 Å². The Hall–Kier alpha value is -0.160. The van der Waals surface area contributed by atoms with Crippen LogP contribution in [0.5, 0.6) is 0 Å². The average molecular weight is 259 g/mol. The molecule has 1 heterocycles. The third-order valence-corrected chi connectivity index (χ3v) is 3.16. The van der Waals surface area contributed by atoms with Crippen LogP contribution >= 0.6 is 0 Å². The molecule has 18 heavy (non-hydrogen) atoms. The molecule has 0 spiro atoms. The van der Waals surface area contributed by atoms with E-state index in [1.807, 2.05) is 13.8 Å². The molecule has 0 aliphatic carbocycles. The minimum Gasteiger partial charge on any atom is -0.383 e. The molecule has 0 unspecified atom stereocenters. The second-order valence-corrected chi connectivity index (χ2v) is 4.83. The summed E-state index contributed by atoms with van der Waals surface area (Å²) >= 11 is 0. The quantitative estimate of drug-likeness (QED) is 0.684. The Morgan fingerprint density at radius 1 is 0.944 bits per heavy atom. The molecule has 0 aromatic carbocycles. The number of rotatable bonds is 7. The number of ether oxygens (including phenoxy) is 1. The zero-order chi connectivity index (χ0) is 13.8. The van der Waals surface area contributed by atoms with E-state index < -0.39 is 0 Å². The van der Waals surface area contributed by atoms with Crippen molar-refractivity contribution < 1.29 is 4.74 Å². The predicted molar refractivity (Wildman–Crippen MR) is 79.3 cm³/mol. The molecule has 4 nitrogen and oxygen atoms in total. The Morgan fingerprint density at radius 2 is 1.44 bits per heavy atom. The fourth-order valence-electron chi connectivity index (χ4n) is 2.07. The molecule has 1 aliphatic rings. The molecule has 0 N–H and O–H groups in total. The van der Waals surface area contributed by atoms with Crippen molar-refractivity contribution in [2.45, 2.75) is 20.3 Å². The van der Waals surface area contributed by atoms with Gasteiger partial charge in [0.1, 0.15) is 0 Å². The zero-order valence-corrected chi connectivity index (χ0v) is 13.1. The van der Waals surface area contributed by atoms with Crippen molar-refractivity contribution in [1.82, 2.24) is 14.7 Å². The van der Waals surface area contributed by atoms with Crippen molar-refractivity contribution in [3.8, 4) is 0 Å². The van der Waals surface area contributed by atoms with Crippen molar-refractivity contribution >= 4 is 0 Å². The van der Waals surface area contributed by atoms with Crippen LogP contribution in [0.4, 0.5) is 0 Å². The minimum absolute atomic E-state index is 0.862. The predicted octanol–water partition coefficient (Wildman–Crippen LogP) is 1.23. The summed E-state index contributed by atoms with van der Waals surface area (Å²) in [6.07, 6.45) is 1.28. The first-order valence-electron chi connectivity index (χ1n) is 7.30. The monoisotopic (exact) mass is 259 g/mol. The Balaban J connectivity index is 0.00000137. The molecule has 0 atom stereocenters. The van der Waals surface area contributed by atoms with Crippen LogP contribution in [0.3, 0.4) is 0 Å². The average Bonchev–Trinajstić information content (AvgIpc) is 2.40. The third kappa shape index (κ3) is 8.86. The van der Waals surface area contributed by atoms with Crippen LogP contribution in [-0.4, -0.2) is 88.3 Å². The minimum atomic E-state index is 0.862. The Kier molecular flexibility index (Phi) is 11.8. The maximum Gasteiger partial charge on any atom is 0.0589 e. The van der Waals surface area contributed by atoms with E-state index >= 15 is 0 Å². The number of hydrogen-bond acceptors (Lipinski definition) is 4. The second-order valence-electron chi connectivity index (χ2n) is 4.83. The van der Waals surface area contributed by atoms with Crippen molar-refractivity contribution in [3.63, 3.8) is 0 Å². The molecule has 0 bridgehead atoms. The molecule has 1 saturated heterocycles. The van der Waals surface area contributed by atoms with Crippen LogP contribution in [-0.2, 0) is 4.74 Å². The highest BCUT2D eigenvalue weighted by atomic mass is 16.5. The lowest BCUT2D eigenvalue weighted by Crippen LogP contribution is -2.47. The first-order chi connectivity index (χ1) is 8.72. The Morgan fingerprint density at radius 3 is 1.89 bits per heavy atom. The molecule has 0 aromatic rings. The van der Waals surface area contributed by atoms with Gasteiger partial charge in [-0.15, -0.1) is 0 Å². The number of piperazine rings is 1. The van der Waals surface area contributed by atoms with Crippen molar-refractivity contribution in [2.24, 2.45) is 0 Å². The highest BCUT2D eigenvalue weighted by Gasteiger charge is 2.15. The van der Waals surface area contributed by atoms with Crippen LogP contribution in [0.2, 0.25) is 0 Å². The fraction of sp³-hybridized carbons (Fsp3) is 1.00. The lowest BCUT2D eigenvalue weighted by Gasteiger charge is -2.34. The van der Waals surface area contributed by atoms with E-state index in [1.165, 1.54) is 45.7 Å². The van der Waals surface area contributed by atoms with E-state index in [9.17, 15) is 0 Å². The molecule has 1 fully saturated rings. The molecule has 1 aliphatic heterocycles. The second kappa shape index (κ2) is 11.9. The van der Waals surface area contributed by atoms with Crippen LogP contribution in [0.1, 0.15) is 20.3 Å². The van der Waals surface area contributed by atoms with Gasteiger partial charge in [-0.25, -0.2) is 0 Å². The van der Waals surface area contributed by atoms with Gasteiger partial charge in [0, 0.05) is 39.8 Å². The summed E-state index contributed by atoms with van der Waals surface area (Å²) in [5.74, 6) is 0. The van der Waals surface area contributed by atoms with Gasteiger partial charge in [0.2, 0.25) is 0 Å². The summed E-state index contributed by atoms with van der Waals surface area (Å²) in [6, 6.07) is 0. The summed E-state index contributed by atoms with van der Waals surface area (Å²) in [6.45, 7) is 13.2. The summed E-state index contributed by atoms with van der Waals surface area (Å²) in [4.78, 5) is 7.33. The van der Waals surface area contributed by atoms with Gasteiger partial charge < -0.3 is 14.5 Å². The number of nitrogens with zero attached hydrogens (tertiary/aromatic N) is 3. The van der Waals surface area contributed by atoms with Gasteiger partial charge in [-0.1, -0.05) is 13.8 Å². The van der Waals surface area contributed by atoms with Crippen molar-refractivity contribution in [3.05, 3.63) is 0 Å². The molecule has 110 valence electrons. The molecule has 1 rings (SSSR count). The zero-order valence-electron chi connectivity index (χ0n) is 13.1. The summed E-state index contributed by atoms with van der Waals surface area (Å²) in [5.41, 5.74) is 0. The molecule has 0 aromatic heterocycles. The Labute approximate surface area is 114 Å². The van der Waals surface area contributed by atoms with Crippen LogP contribution in [0.15, 0.2) is 0 Å². The smallest absolute Gasteiger partial charge is 0.0589 e. The highest BCUT2D eigenvalue weighted by Crippen LogP contribution is 2.02. The standard InChI is InChI=1S/C12H27N3O.C2H6/c1-13(2)5-4-6-14-7-9-15(10-8-14)11-12-16-3;1-2/h4-12H2,1-3H3;1-2H3. The van der Waals surface area contributed by atoms with E-state index in [0.29, 0.717) is 0 Å². The van der Waals surface area contributed by atoms with E-state index in [2.05, 4.69) is 28.8 Å². The lowest BCUT2D eigenvalue weighted by molar-refractivity contribution is 0.0954. The first kappa shape index (κ1) is 17.8. The third-order valence-electron chi connectivity index (χ3n) is 3.16. The number of hydrogen-bond donors (Lipinski definition) is 0. The normalized spacial score (nSPS) is 17.7. The van der Waals surface area contributed by atoms with Crippen molar-refractivity contribution in [1.29, 1.82) is 0 Å². The van der Waals surface area contributed by atoms with E-state index in [1.54, 1.807) is 7.11 Å². The lowest BCUT2D eigenvalue weighted by atomic mass is 10.3. The Bertz CT molecular complexity index is 168. The maximum atomic E-state index is 5.10. The topological polar surface area (TPSA) is 19.0 Å². The number of methoxy groups -OCH3 is 1. The van der Waals surface area contributed by atoms with Crippen LogP contribution in [0, 0.1) is 0 Å². The first-order valence-corrected chi connectivity index (χ1v) is 7.30. The maximum absolute atomic E-state index is 5.10. The fourth-order valence-corrected chi connectivity index (χ4v) is 2.07. The van der Waals surface area contributed by atoms with Gasteiger partial charge >= 0.3 is 0 Å². The van der Waals surface area contributed by atoms with Crippen LogP contribution in [0.25, 0.3) is 0 Å². The van der Waals surface area contributed by atoms with Gasteiger partial charge in [0.15, 0.2) is 0 Å². The van der Waals surface area contributed by atoms with Gasteiger partial charge in [-0.05, 0) is 33.6 Å². The van der Waals surface area contributed by atoms with Gasteiger partial charge in [0.25, 0.3) is 0 Å². The van der Waals surface area contributed by atoms with E-state index in [0.717, 1.165) is 13.2 Å². The highest BCUT2D eigenvalue weighted by molar-refractivity contribution is 4.71. The molecule has 0 saturated carbocycles. The molecule has 0 amide bonds. The van der Waals surface area contributed by atoms with Crippen LogP contribution < -0.4 is 0 Å².